The first-order valence-electron chi connectivity index (χ1n) is 5.24. The number of carbonyl (C=O) groups is 1. The number of thiazole rings is 1. The third-order valence-corrected chi connectivity index (χ3v) is 3.54. The van der Waals surface area contributed by atoms with Gasteiger partial charge in [0.05, 0.1) is 6.61 Å². The largest absolute Gasteiger partial charge is 0.465 e. The molecule has 5 nitrogen and oxygen atoms in total. The van der Waals surface area contributed by atoms with Crippen LogP contribution in [0, 0.1) is 0 Å². The van der Waals surface area contributed by atoms with Crippen LogP contribution in [0.15, 0.2) is 4.79 Å². The Kier molecular flexibility index (Phi) is 5.17. The minimum atomic E-state index is -0.471. The lowest BCUT2D eigenvalue weighted by Crippen LogP contribution is -2.21. The number of ether oxygens (including phenoxy) is 1. The maximum atomic E-state index is 11.6. The molecule has 1 aromatic rings. The Hall–Kier alpha value is -0.850. The lowest BCUT2D eigenvalue weighted by molar-refractivity contribution is -0.143. The third-order valence-electron chi connectivity index (χ3n) is 2.00. The fraction of sp³-hybridized carbons (Fsp3) is 0.600. The van der Waals surface area contributed by atoms with Gasteiger partial charge in [-0.1, -0.05) is 22.9 Å². The topological polar surface area (TPSA) is 74.3 Å². The van der Waals surface area contributed by atoms with E-state index in [0.717, 1.165) is 11.3 Å². The lowest BCUT2D eigenvalue weighted by atomic mass is 10.2. The normalized spacial score (nSPS) is 12.5. The highest BCUT2D eigenvalue weighted by molar-refractivity contribution is 7.09. The molecule has 17 heavy (non-hydrogen) atoms. The number of rotatable bonds is 5. The molecule has 1 rings (SSSR count). The molecule has 0 amide bonds. The highest BCUT2D eigenvalue weighted by Crippen LogP contribution is 2.20. The first-order chi connectivity index (χ1) is 7.95. The number of halogens is 1. The van der Waals surface area contributed by atoms with Gasteiger partial charge in [0.25, 0.3) is 0 Å². The Bertz CT molecular complexity index is 453. The summed E-state index contributed by atoms with van der Waals surface area (Å²) in [6.07, 6.45) is 0.522. The van der Waals surface area contributed by atoms with Crippen molar-refractivity contribution in [1.82, 2.24) is 4.57 Å². The predicted octanol–water partition coefficient (Wildman–Crippen LogP) is 1.02. The predicted molar refractivity (Wildman–Crippen MR) is 67.6 cm³/mol. The zero-order valence-corrected chi connectivity index (χ0v) is 11.3. The first-order valence-corrected chi connectivity index (χ1v) is 6.44. The van der Waals surface area contributed by atoms with Crippen LogP contribution in [0.3, 0.4) is 0 Å². The van der Waals surface area contributed by atoms with E-state index in [1.54, 1.807) is 6.92 Å². The zero-order valence-electron chi connectivity index (χ0n) is 9.73. The van der Waals surface area contributed by atoms with Crippen LogP contribution in [-0.2, 0) is 22.5 Å². The van der Waals surface area contributed by atoms with E-state index in [0.29, 0.717) is 11.3 Å². The van der Waals surface area contributed by atoms with E-state index in [4.69, 9.17) is 22.1 Å². The molecule has 1 atom stereocenters. The second kappa shape index (κ2) is 6.18. The van der Waals surface area contributed by atoms with Gasteiger partial charge < -0.3 is 10.5 Å². The average Bonchev–Trinajstić information content (AvgIpc) is 2.45. The fourth-order valence-corrected chi connectivity index (χ4v) is 2.72. The van der Waals surface area contributed by atoms with E-state index in [1.807, 2.05) is 6.92 Å². The van der Waals surface area contributed by atoms with Crippen molar-refractivity contribution < 1.29 is 9.53 Å². The van der Waals surface area contributed by atoms with Crippen LogP contribution >= 0.6 is 22.9 Å². The molecule has 96 valence electrons. The molecule has 0 radical (unpaired) electrons. The van der Waals surface area contributed by atoms with Gasteiger partial charge in [0, 0.05) is 10.9 Å². The molecule has 0 aliphatic rings. The monoisotopic (exact) mass is 278 g/mol. The second-order valence-electron chi connectivity index (χ2n) is 3.65. The van der Waals surface area contributed by atoms with Gasteiger partial charge in [0.15, 0.2) is 0 Å². The van der Waals surface area contributed by atoms with Gasteiger partial charge in [0.2, 0.25) is 0 Å². The van der Waals surface area contributed by atoms with E-state index in [1.165, 1.54) is 4.57 Å². The Balaban J connectivity index is 2.89. The number of nitrogens with two attached hydrogens (primary N) is 1. The fourth-order valence-electron chi connectivity index (χ4n) is 1.32. The minimum absolute atomic E-state index is 0.0819. The first kappa shape index (κ1) is 14.2. The summed E-state index contributed by atoms with van der Waals surface area (Å²) in [5.41, 5.74) is 5.65. The van der Waals surface area contributed by atoms with Crippen LogP contribution in [-0.4, -0.2) is 23.2 Å². The van der Waals surface area contributed by atoms with Crippen LogP contribution in [0.1, 0.15) is 18.7 Å². The van der Waals surface area contributed by atoms with Crippen molar-refractivity contribution in [3.05, 3.63) is 19.7 Å². The second-order valence-corrected chi connectivity index (χ2v) is 5.06. The molecule has 0 fully saturated rings. The summed E-state index contributed by atoms with van der Waals surface area (Å²) in [6.45, 7) is 3.66. The number of esters is 1. The Labute approximate surface area is 108 Å². The zero-order chi connectivity index (χ0) is 13.0. The molecule has 1 unspecified atom stereocenters. The molecule has 2 N–H and O–H groups in total. The van der Waals surface area contributed by atoms with Crippen molar-refractivity contribution in [1.29, 1.82) is 0 Å². The van der Waals surface area contributed by atoms with Gasteiger partial charge in [-0.15, -0.1) is 0 Å². The van der Waals surface area contributed by atoms with Gasteiger partial charge in [-0.05, 0) is 20.3 Å². The van der Waals surface area contributed by atoms with Gasteiger partial charge in [-0.2, -0.15) is 0 Å². The maximum Gasteiger partial charge on any atom is 0.326 e. The smallest absolute Gasteiger partial charge is 0.326 e. The summed E-state index contributed by atoms with van der Waals surface area (Å²) < 4.78 is 5.98. The van der Waals surface area contributed by atoms with Crippen molar-refractivity contribution in [2.75, 3.05) is 6.61 Å². The Morgan fingerprint density at radius 3 is 2.82 bits per heavy atom. The highest BCUT2D eigenvalue weighted by atomic mass is 35.5. The summed E-state index contributed by atoms with van der Waals surface area (Å²) in [5, 5.41) is 0.283. The molecular weight excluding hydrogens is 264 g/mol. The summed E-state index contributed by atoms with van der Waals surface area (Å²) in [5.74, 6) is -0.471. The lowest BCUT2D eigenvalue weighted by Gasteiger charge is -2.05. The van der Waals surface area contributed by atoms with Crippen molar-refractivity contribution in [3.8, 4) is 0 Å². The molecule has 0 spiro atoms. The molecule has 1 heterocycles. The minimum Gasteiger partial charge on any atom is -0.465 e. The molecule has 0 aliphatic heterocycles. The summed E-state index contributed by atoms with van der Waals surface area (Å²) in [6, 6.07) is -0.0819. The molecular formula is C10H15ClN2O3S. The van der Waals surface area contributed by atoms with Crippen molar-refractivity contribution >= 4 is 28.9 Å². The maximum absolute atomic E-state index is 11.6. The highest BCUT2D eigenvalue weighted by Gasteiger charge is 2.16. The Morgan fingerprint density at radius 2 is 2.29 bits per heavy atom. The molecule has 0 aliphatic carbocycles. The number of hydrogen-bond acceptors (Lipinski definition) is 5. The average molecular weight is 279 g/mol. The molecule has 0 saturated carbocycles. The molecule has 0 aromatic carbocycles. The molecule has 1 aromatic heterocycles. The van der Waals surface area contributed by atoms with Crippen molar-refractivity contribution in [3.63, 3.8) is 0 Å². The van der Waals surface area contributed by atoms with Crippen LogP contribution in [0.5, 0.6) is 0 Å². The quantitative estimate of drug-likeness (QED) is 0.816. The molecule has 0 saturated heterocycles. The number of hydrogen-bond donors (Lipinski definition) is 1. The third kappa shape index (κ3) is 3.83. The molecule has 7 heteroatoms. The van der Waals surface area contributed by atoms with E-state index >= 15 is 0 Å². The SMILES string of the molecule is CCOC(=O)Cn1c(Cl)c(CC(C)N)sc1=O. The van der Waals surface area contributed by atoms with Gasteiger partial charge in [-0.25, -0.2) is 0 Å². The van der Waals surface area contributed by atoms with Crippen molar-refractivity contribution in [2.45, 2.75) is 32.9 Å². The van der Waals surface area contributed by atoms with Gasteiger partial charge in [-0.3, -0.25) is 14.2 Å². The molecule has 0 bridgehead atoms. The van der Waals surface area contributed by atoms with Crippen LogP contribution < -0.4 is 10.6 Å². The van der Waals surface area contributed by atoms with Gasteiger partial charge in [0.1, 0.15) is 11.7 Å². The van der Waals surface area contributed by atoms with Crippen LogP contribution in [0.2, 0.25) is 5.15 Å². The van der Waals surface area contributed by atoms with Crippen LogP contribution in [0.25, 0.3) is 0 Å². The van der Waals surface area contributed by atoms with E-state index in [2.05, 4.69) is 0 Å². The standard InChI is InChI=1S/C10H15ClN2O3S/c1-3-16-8(14)5-13-9(11)7(4-6(2)12)17-10(13)15/h6H,3-5,12H2,1-2H3. The summed E-state index contributed by atoms with van der Waals surface area (Å²) in [7, 11) is 0. The number of aromatic nitrogens is 1. The number of nitrogens with zero attached hydrogens (tertiary/aromatic N) is 1. The number of carbonyl (C=O) groups excluding carboxylic acids is 1. The van der Waals surface area contributed by atoms with E-state index in [9.17, 15) is 9.59 Å². The van der Waals surface area contributed by atoms with Crippen molar-refractivity contribution in [2.24, 2.45) is 5.73 Å². The summed E-state index contributed by atoms with van der Waals surface area (Å²) >= 11 is 7.05. The van der Waals surface area contributed by atoms with Gasteiger partial charge >= 0.3 is 10.8 Å². The Morgan fingerprint density at radius 1 is 1.65 bits per heavy atom. The van der Waals surface area contributed by atoms with E-state index in [-0.39, 0.29) is 29.2 Å². The van der Waals surface area contributed by atoms with Crippen LogP contribution in [0.4, 0.5) is 0 Å². The van der Waals surface area contributed by atoms with E-state index < -0.39 is 5.97 Å². The summed E-state index contributed by atoms with van der Waals surface area (Å²) in [4.78, 5) is 23.4.